The van der Waals surface area contributed by atoms with Crippen LogP contribution in [0.1, 0.15) is 35.1 Å². The van der Waals surface area contributed by atoms with Gasteiger partial charge in [-0.25, -0.2) is 26.6 Å². The van der Waals surface area contributed by atoms with Crippen LogP contribution in [0.5, 0.6) is 0 Å². The van der Waals surface area contributed by atoms with Crippen LogP contribution in [0, 0.1) is 17.5 Å². The molecule has 6 nitrogen and oxygen atoms in total. The van der Waals surface area contributed by atoms with E-state index in [1.807, 2.05) is 0 Å². The molecule has 0 radical (unpaired) electrons. The fourth-order valence-electron chi connectivity index (χ4n) is 2.74. The van der Waals surface area contributed by atoms with E-state index in [4.69, 9.17) is 0 Å². The molecule has 3 rings (SSSR count). The lowest BCUT2D eigenvalue weighted by molar-refractivity contribution is -0.142. The molecule has 1 aromatic carbocycles. The normalized spacial score (nSPS) is 11.9. The van der Waals surface area contributed by atoms with Crippen molar-refractivity contribution in [3.63, 3.8) is 0 Å². The molecule has 0 unspecified atom stereocenters. The third kappa shape index (κ3) is 4.22. The standard InChI is InChI=1S/C17H11F8N5O/c1-2-29-6-8(12(28-29)15(21)22)16(31)27-11-5-26-30(14(11)17(23,24)25)13-9(19)3-7(18)4-10(13)20/h3-6,15H,2H2,1H3,(H,27,31). The first-order valence-electron chi connectivity index (χ1n) is 8.41. The number of aryl methyl sites for hydroxylation is 1. The molecule has 14 heteroatoms. The molecule has 0 atom stereocenters. The van der Waals surface area contributed by atoms with Gasteiger partial charge in [0.2, 0.25) is 0 Å². The van der Waals surface area contributed by atoms with Crippen LogP contribution in [0.25, 0.3) is 5.69 Å². The molecule has 0 fully saturated rings. The molecular formula is C17H11F8N5O. The van der Waals surface area contributed by atoms with E-state index in [1.54, 1.807) is 5.32 Å². The Kier molecular flexibility index (Phi) is 5.74. The summed E-state index contributed by atoms with van der Waals surface area (Å²) in [6, 6.07) is 0.291. The lowest BCUT2D eigenvalue weighted by atomic mass is 10.2. The number of benzene rings is 1. The van der Waals surface area contributed by atoms with E-state index in [0.717, 1.165) is 10.9 Å². The number of hydrogen-bond donors (Lipinski definition) is 1. The van der Waals surface area contributed by atoms with Crippen molar-refractivity contribution in [2.45, 2.75) is 26.1 Å². The summed E-state index contributed by atoms with van der Waals surface area (Å²) in [6.45, 7) is 1.63. The van der Waals surface area contributed by atoms with Gasteiger partial charge in [-0.05, 0) is 6.92 Å². The number of nitrogens with one attached hydrogen (secondary N) is 1. The predicted molar refractivity (Wildman–Crippen MR) is 89.3 cm³/mol. The van der Waals surface area contributed by atoms with Crippen molar-refractivity contribution in [1.82, 2.24) is 19.6 Å². The SMILES string of the molecule is CCn1cc(C(=O)Nc2cnn(-c3c(F)cc(F)cc3F)c2C(F)(F)F)c(C(F)F)n1. The maximum atomic E-state index is 14.0. The first-order chi connectivity index (χ1) is 14.4. The summed E-state index contributed by atoms with van der Waals surface area (Å²) in [6.07, 6.45) is -7.16. The fourth-order valence-corrected chi connectivity index (χ4v) is 2.74. The van der Waals surface area contributed by atoms with Crippen molar-refractivity contribution in [2.75, 3.05) is 5.32 Å². The zero-order chi connectivity index (χ0) is 23.1. The van der Waals surface area contributed by atoms with Gasteiger partial charge in [-0.2, -0.15) is 23.4 Å². The summed E-state index contributed by atoms with van der Waals surface area (Å²) in [5.74, 6) is -6.12. The highest BCUT2D eigenvalue weighted by molar-refractivity contribution is 6.05. The van der Waals surface area contributed by atoms with E-state index < -0.39 is 64.3 Å². The van der Waals surface area contributed by atoms with Crippen LogP contribution in [-0.2, 0) is 12.7 Å². The van der Waals surface area contributed by atoms with E-state index in [2.05, 4.69) is 10.2 Å². The Hall–Kier alpha value is -3.45. The van der Waals surface area contributed by atoms with E-state index in [9.17, 15) is 39.9 Å². The summed E-state index contributed by atoms with van der Waals surface area (Å²) in [7, 11) is 0. The summed E-state index contributed by atoms with van der Waals surface area (Å²) in [4.78, 5) is 12.4. The molecule has 2 aromatic heterocycles. The lowest BCUT2D eigenvalue weighted by Crippen LogP contribution is -2.20. The van der Waals surface area contributed by atoms with Crippen LogP contribution in [-0.4, -0.2) is 25.5 Å². The van der Waals surface area contributed by atoms with Crippen LogP contribution in [0.2, 0.25) is 0 Å². The highest BCUT2D eigenvalue weighted by atomic mass is 19.4. The number of anilines is 1. The Morgan fingerprint density at radius 3 is 2.29 bits per heavy atom. The summed E-state index contributed by atoms with van der Waals surface area (Å²) in [5.41, 5.74) is -5.88. The molecule has 0 spiro atoms. The average Bonchev–Trinajstić information content (AvgIpc) is 3.25. The number of halogens is 8. The first-order valence-corrected chi connectivity index (χ1v) is 8.41. The van der Waals surface area contributed by atoms with Crippen LogP contribution in [0.4, 0.5) is 40.8 Å². The van der Waals surface area contributed by atoms with Gasteiger partial charge >= 0.3 is 6.18 Å². The minimum absolute atomic E-state index is 0.0991. The van der Waals surface area contributed by atoms with Gasteiger partial charge in [0.05, 0.1) is 17.4 Å². The van der Waals surface area contributed by atoms with Crippen LogP contribution < -0.4 is 5.32 Å². The number of carbonyl (C=O) groups is 1. The van der Waals surface area contributed by atoms with Crippen LogP contribution in [0.3, 0.4) is 0 Å². The molecule has 31 heavy (non-hydrogen) atoms. The van der Waals surface area contributed by atoms with Gasteiger partial charge in [0.1, 0.15) is 17.2 Å². The summed E-state index contributed by atoms with van der Waals surface area (Å²) in [5, 5.41) is 8.47. The van der Waals surface area contributed by atoms with Crippen molar-refractivity contribution in [2.24, 2.45) is 0 Å². The smallest absolute Gasteiger partial charge is 0.319 e. The quantitative estimate of drug-likeness (QED) is 0.569. The van der Waals surface area contributed by atoms with E-state index in [-0.39, 0.29) is 23.4 Å². The second kappa shape index (κ2) is 8.00. The van der Waals surface area contributed by atoms with Crippen LogP contribution >= 0.6 is 0 Å². The molecule has 1 amide bonds. The van der Waals surface area contributed by atoms with Gasteiger partial charge in [0.15, 0.2) is 17.3 Å². The number of rotatable bonds is 5. The number of carbonyl (C=O) groups excluding carboxylic acids is 1. The second-order valence-corrected chi connectivity index (χ2v) is 6.07. The number of amides is 1. The first kappa shape index (κ1) is 22.2. The Balaban J connectivity index is 2.09. The molecule has 0 aliphatic heterocycles. The van der Waals surface area contributed by atoms with Gasteiger partial charge in [0, 0.05) is 24.9 Å². The second-order valence-electron chi connectivity index (χ2n) is 6.07. The van der Waals surface area contributed by atoms with Crippen molar-refractivity contribution >= 4 is 11.6 Å². The van der Waals surface area contributed by atoms with E-state index in [0.29, 0.717) is 6.20 Å². The number of nitrogens with zero attached hydrogens (tertiary/aromatic N) is 4. The maximum Gasteiger partial charge on any atom is 0.435 e. The Morgan fingerprint density at radius 2 is 1.77 bits per heavy atom. The molecule has 2 heterocycles. The molecule has 1 N–H and O–H groups in total. The van der Waals surface area contributed by atoms with Crippen molar-refractivity contribution in [1.29, 1.82) is 0 Å². The van der Waals surface area contributed by atoms with Gasteiger partial charge < -0.3 is 5.32 Å². The minimum atomic E-state index is -5.30. The fraction of sp³-hybridized carbons (Fsp3) is 0.235. The molecule has 0 saturated carbocycles. The summed E-state index contributed by atoms with van der Waals surface area (Å²) >= 11 is 0. The maximum absolute atomic E-state index is 14.0. The van der Waals surface area contributed by atoms with Gasteiger partial charge in [-0.15, -0.1) is 0 Å². The largest absolute Gasteiger partial charge is 0.435 e. The minimum Gasteiger partial charge on any atom is -0.319 e. The summed E-state index contributed by atoms with van der Waals surface area (Å²) < 4.78 is 109. The van der Waals surface area contributed by atoms with Crippen molar-refractivity contribution in [3.8, 4) is 5.69 Å². The molecule has 3 aromatic rings. The van der Waals surface area contributed by atoms with Gasteiger partial charge in [-0.3, -0.25) is 9.48 Å². The van der Waals surface area contributed by atoms with E-state index >= 15 is 0 Å². The molecule has 0 aliphatic carbocycles. The third-order valence-electron chi connectivity index (χ3n) is 4.04. The zero-order valence-electron chi connectivity index (χ0n) is 15.3. The Bertz CT molecular complexity index is 1110. The topological polar surface area (TPSA) is 64.7 Å². The molecular weight excluding hydrogens is 442 g/mol. The third-order valence-corrected chi connectivity index (χ3v) is 4.04. The predicted octanol–water partition coefficient (Wildman–Crippen LogP) is 4.71. The van der Waals surface area contributed by atoms with Crippen LogP contribution in [0.15, 0.2) is 24.5 Å². The highest BCUT2D eigenvalue weighted by Crippen LogP contribution is 2.37. The lowest BCUT2D eigenvalue weighted by Gasteiger charge is -2.14. The molecule has 0 saturated heterocycles. The monoisotopic (exact) mass is 453 g/mol. The Morgan fingerprint density at radius 1 is 1.16 bits per heavy atom. The Labute approximate surface area is 168 Å². The number of alkyl halides is 5. The molecule has 166 valence electrons. The highest BCUT2D eigenvalue weighted by Gasteiger charge is 2.41. The average molecular weight is 453 g/mol. The van der Waals surface area contributed by atoms with Crippen molar-refractivity contribution < 1.29 is 39.9 Å². The van der Waals surface area contributed by atoms with Gasteiger partial charge in [0.25, 0.3) is 12.3 Å². The van der Waals surface area contributed by atoms with Gasteiger partial charge in [-0.1, -0.05) is 0 Å². The number of aromatic nitrogens is 4. The van der Waals surface area contributed by atoms with E-state index in [1.165, 1.54) is 6.92 Å². The van der Waals surface area contributed by atoms with Crippen molar-refractivity contribution in [3.05, 3.63) is 58.9 Å². The molecule has 0 bridgehead atoms. The number of hydrogen-bond acceptors (Lipinski definition) is 3. The zero-order valence-corrected chi connectivity index (χ0v) is 15.3. The molecule has 0 aliphatic rings.